The number of aromatic amines is 1. The van der Waals surface area contributed by atoms with Crippen LogP contribution in [0.2, 0.25) is 0 Å². The third-order valence-corrected chi connectivity index (χ3v) is 5.63. The number of nitrogens with zero attached hydrogens (tertiary/aromatic N) is 3. The molecule has 5 nitrogen and oxygen atoms in total. The molecule has 3 heterocycles. The minimum absolute atomic E-state index is 0.00904. The van der Waals surface area contributed by atoms with Crippen LogP contribution in [0.15, 0.2) is 11.0 Å². The van der Waals surface area contributed by atoms with Crippen LogP contribution in [0.1, 0.15) is 35.3 Å². The molecule has 0 aromatic carbocycles. The maximum atomic E-state index is 12.4. The molecular formula is C14H14N4OS2. The maximum Gasteiger partial charge on any atom is 0.259 e. The number of aromatic nitrogens is 4. The van der Waals surface area contributed by atoms with E-state index in [1.807, 2.05) is 0 Å². The second-order valence-electron chi connectivity index (χ2n) is 5.62. The SMILES string of the molecule is C[C@H]1CCc2c(sc3nc(Cc4cnsn4)[nH]c(=O)c23)C1. The summed E-state index contributed by atoms with van der Waals surface area (Å²) in [5, 5.41) is 0.807. The number of thiophene rings is 1. The van der Waals surface area contributed by atoms with E-state index >= 15 is 0 Å². The van der Waals surface area contributed by atoms with E-state index in [0.29, 0.717) is 18.2 Å². The molecule has 1 atom stereocenters. The van der Waals surface area contributed by atoms with E-state index in [1.165, 1.54) is 22.2 Å². The molecule has 0 bridgehead atoms. The van der Waals surface area contributed by atoms with Crippen molar-refractivity contribution < 1.29 is 0 Å². The highest BCUT2D eigenvalue weighted by Crippen LogP contribution is 2.35. The predicted molar refractivity (Wildman–Crippen MR) is 84.1 cm³/mol. The molecule has 4 rings (SSSR count). The van der Waals surface area contributed by atoms with E-state index in [-0.39, 0.29) is 5.56 Å². The van der Waals surface area contributed by atoms with Gasteiger partial charge in [-0.05, 0) is 30.7 Å². The molecule has 0 saturated carbocycles. The standard InChI is InChI=1S/C14H14N4OS2/c1-7-2-3-9-10(4-7)20-14-12(9)13(19)16-11(17-14)5-8-6-15-21-18-8/h6-7H,2-5H2,1H3,(H,16,17,19)/t7-/m0/s1. The highest BCUT2D eigenvalue weighted by molar-refractivity contribution is 7.18. The lowest BCUT2D eigenvalue weighted by molar-refractivity contribution is 0.509. The Morgan fingerprint density at radius 2 is 2.38 bits per heavy atom. The first-order valence-corrected chi connectivity index (χ1v) is 8.55. The second kappa shape index (κ2) is 4.99. The molecule has 0 aliphatic heterocycles. The van der Waals surface area contributed by atoms with Crippen LogP contribution in [0.4, 0.5) is 0 Å². The second-order valence-corrected chi connectivity index (χ2v) is 7.26. The van der Waals surface area contributed by atoms with Crippen LogP contribution in [-0.2, 0) is 19.3 Å². The maximum absolute atomic E-state index is 12.4. The van der Waals surface area contributed by atoms with Gasteiger partial charge in [0, 0.05) is 4.88 Å². The third-order valence-electron chi connectivity index (χ3n) is 3.97. The number of aryl methyl sites for hydroxylation is 1. The molecule has 1 aliphatic carbocycles. The van der Waals surface area contributed by atoms with Crippen molar-refractivity contribution in [3.8, 4) is 0 Å². The molecule has 3 aromatic heterocycles. The molecule has 0 unspecified atom stereocenters. The van der Waals surface area contributed by atoms with Gasteiger partial charge in [-0.1, -0.05) is 6.92 Å². The Labute approximate surface area is 129 Å². The molecule has 3 aromatic rings. The van der Waals surface area contributed by atoms with Gasteiger partial charge in [0.25, 0.3) is 5.56 Å². The summed E-state index contributed by atoms with van der Waals surface area (Å²) in [6.07, 6.45) is 5.47. The summed E-state index contributed by atoms with van der Waals surface area (Å²) in [6.45, 7) is 2.27. The lowest BCUT2D eigenvalue weighted by Gasteiger charge is -2.17. The average Bonchev–Trinajstić information content (AvgIpc) is 3.05. The highest BCUT2D eigenvalue weighted by atomic mass is 32.1. The number of nitrogens with one attached hydrogen (secondary N) is 1. The number of rotatable bonds is 2. The molecular weight excluding hydrogens is 304 g/mol. The summed E-state index contributed by atoms with van der Waals surface area (Å²) < 4.78 is 8.15. The van der Waals surface area contributed by atoms with Crippen molar-refractivity contribution in [1.29, 1.82) is 0 Å². The Hall–Kier alpha value is -1.60. The van der Waals surface area contributed by atoms with Gasteiger partial charge in [-0.3, -0.25) is 4.79 Å². The van der Waals surface area contributed by atoms with Gasteiger partial charge in [-0.2, -0.15) is 8.75 Å². The molecule has 7 heteroatoms. The number of hydrogen-bond acceptors (Lipinski definition) is 6. The third kappa shape index (κ3) is 2.30. The fourth-order valence-corrected chi connectivity index (χ4v) is 4.75. The van der Waals surface area contributed by atoms with Crippen LogP contribution in [-0.4, -0.2) is 18.7 Å². The smallest absolute Gasteiger partial charge is 0.259 e. The number of H-pyrrole nitrogens is 1. The Balaban J connectivity index is 1.82. The van der Waals surface area contributed by atoms with Gasteiger partial charge < -0.3 is 4.98 Å². The Morgan fingerprint density at radius 3 is 3.19 bits per heavy atom. The quantitative estimate of drug-likeness (QED) is 0.788. The van der Waals surface area contributed by atoms with Crippen molar-refractivity contribution in [3.05, 3.63) is 38.5 Å². The van der Waals surface area contributed by atoms with Gasteiger partial charge in [0.05, 0.1) is 35.4 Å². The molecule has 21 heavy (non-hydrogen) atoms. The monoisotopic (exact) mass is 318 g/mol. The minimum atomic E-state index is -0.00904. The van der Waals surface area contributed by atoms with Gasteiger partial charge in [0.1, 0.15) is 10.7 Å². The van der Waals surface area contributed by atoms with E-state index in [2.05, 4.69) is 25.6 Å². The molecule has 1 aliphatic rings. The normalized spacial score (nSPS) is 18.0. The van der Waals surface area contributed by atoms with E-state index in [9.17, 15) is 4.79 Å². The molecule has 0 fully saturated rings. The van der Waals surface area contributed by atoms with Crippen LogP contribution in [0.3, 0.4) is 0 Å². The van der Waals surface area contributed by atoms with Gasteiger partial charge in [0.15, 0.2) is 0 Å². The van der Waals surface area contributed by atoms with Gasteiger partial charge in [-0.25, -0.2) is 4.98 Å². The first-order valence-electron chi connectivity index (χ1n) is 7.00. The Kier molecular flexibility index (Phi) is 3.11. The van der Waals surface area contributed by atoms with Crippen LogP contribution in [0.5, 0.6) is 0 Å². The van der Waals surface area contributed by atoms with Crippen molar-refractivity contribution in [2.24, 2.45) is 5.92 Å². The fraction of sp³-hybridized carbons (Fsp3) is 0.429. The molecule has 0 saturated heterocycles. The summed E-state index contributed by atoms with van der Waals surface area (Å²) >= 11 is 2.85. The molecule has 0 radical (unpaired) electrons. The average molecular weight is 318 g/mol. The molecule has 0 amide bonds. The first kappa shape index (κ1) is 13.1. The Morgan fingerprint density at radius 1 is 1.48 bits per heavy atom. The largest absolute Gasteiger partial charge is 0.310 e. The zero-order valence-corrected chi connectivity index (χ0v) is 13.2. The lowest BCUT2D eigenvalue weighted by atomic mass is 9.89. The Bertz CT molecular complexity index is 850. The van der Waals surface area contributed by atoms with Gasteiger partial charge >= 0.3 is 0 Å². The number of fused-ring (bicyclic) bond motifs is 3. The lowest BCUT2D eigenvalue weighted by Crippen LogP contribution is -2.14. The van der Waals surface area contributed by atoms with E-state index < -0.39 is 0 Å². The van der Waals surface area contributed by atoms with E-state index in [4.69, 9.17) is 0 Å². The highest BCUT2D eigenvalue weighted by Gasteiger charge is 2.23. The van der Waals surface area contributed by atoms with E-state index in [0.717, 1.165) is 35.2 Å². The predicted octanol–water partition coefficient (Wildman–Crippen LogP) is 2.55. The zero-order valence-electron chi connectivity index (χ0n) is 11.5. The minimum Gasteiger partial charge on any atom is -0.310 e. The number of hydrogen-bond donors (Lipinski definition) is 1. The van der Waals surface area contributed by atoms with Crippen LogP contribution >= 0.6 is 23.1 Å². The van der Waals surface area contributed by atoms with Gasteiger partial charge in [0.2, 0.25) is 0 Å². The van der Waals surface area contributed by atoms with Crippen LogP contribution in [0.25, 0.3) is 10.2 Å². The van der Waals surface area contributed by atoms with Crippen molar-refractivity contribution in [1.82, 2.24) is 18.7 Å². The fourth-order valence-electron chi connectivity index (χ4n) is 2.91. The first-order chi connectivity index (χ1) is 10.2. The molecule has 1 N–H and O–H groups in total. The summed E-state index contributed by atoms with van der Waals surface area (Å²) in [6, 6.07) is 0. The van der Waals surface area contributed by atoms with Crippen molar-refractivity contribution in [2.45, 2.75) is 32.6 Å². The van der Waals surface area contributed by atoms with Crippen molar-refractivity contribution >= 4 is 33.3 Å². The van der Waals surface area contributed by atoms with Gasteiger partial charge in [-0.15, -0.1) is 11.3 Å². The summed E-state index contributed by atoms with van der Waals surface area (Å²) in [5.74, 6) is 1.37. The molecule has 108 valence electrons. The summed E-state index contributed by atoms with van der Waals surface area (Å²) in [5.41, 5.74) is 2.06. The van der Waals surface area contributed by atoms with E-state index in [1.54, 1.807) is 17.5 Å². The van der Waals surface area contributed by atoms with Crippen molar-refractivity contribution in [3.63, 3.8) is 0 Å². The molecule has 0 spiro atoms. The van der Waals surface area contributed by atoms with Crippen molar-refractivity contribution in [2.75, 3.05) is 0 Å². The van der Waals surface area contributed by atoms with Crippen LogP contribution < -0.4 is 5.56 Å². The summed E-state index contributed by atoms with van der Waals surface area (Å²) in [7, 11) is 0. The zero-order chi connectivity index (χ0) is 14.4. The summed E-state index contributed by atoms with van der Waals surface area (Å²) in [4.78, 5) is 22.2. The van der Waals surface area contributed by atoms with Crippen LogP contribution in [0, 0.1) is 5.92 Å². The topological polar surface area (TPSA) is 71.5 Å².